The van der Waals surface area contributed by atoms with E-state index in [1.165, 1.54) is 0 Å². The molecule has 0 saturated heterocycles. The highest BCUT2D eigenvalue weighted by Crippen LogP contribution is 2.30. The number of hydrogen-bond acceptors (Lipinski definition) is 9. The van der Waals surface area contributed by atoms with E-state index in [1.807, 2.05) is 41.8 Å². The van der Waals surface area contributed by atoms with Crippen molar-refractivity contribution in [2.75, 3.05) is 12.4 Å². The van der Waals surface area contributed by atoms with E-state index in [9.17, 15) is 4.79 Å². The molecule has 172 valence electrons. The third kappa shape index (κ3) is 3.67. The Morgan fingerprint density at radius 3 is 2.85 bits per heavy atom. The minimum absolute atomic E-state index is 0.0127. The van der Waals surface area contributed by atoms with Gasteiger partial charge in [0.1, 0.15) is 12.4 Å². The second kappa shape index (κ2) is 7.99. The third-order valence-corrected chi connectivity index (χ3v) is 5.79. The fourth-order valence-corrected chi connectivity index (χ4v) is 3.78. The lowest BCUT2D eigenvalue weighted by atomic mass is 10.1. The predicted molar refractivity (Wildman–Crippen MR) is 119 cm³/mol. The second-order valence-corrected chi connectivity index (χ2v) is 8.32. The van der Waals surface area contributed by atoms with Crippen molar-refractivity contribution in [2.45, 2.75) is 32.3 Å². The van der Waals surface area contributed by atoms with Crippen LogP contribution in [0, 0.1) is 5.92 Å². The smallest absolute Gasteiger partial charge is 0.252 e. The summed E-state index contributed by atoms with van der Waals surface area (Å²) in [5, 5.41) is 20.3. The maximum atomic E-state index is 12.1. The lowest BCUT2D eigenvalue weighted by Crippen LogP contribution is -2.13. The van der Waals surface area contributed by atoms with Crippen LogP contribution in [0.2, 0.25) is 0 Å². The molecular formula is C22H21N9O3. The van der Waals surface area contributed by atoms with E-state index in [-0.39, 0.29) is 24.3 Å². The Balaban J connectivity index is 1.30. The molecule has 5 heterocycles. The number of ether oxygens (including phenoxy) is 1. The Kier molecular flexibility index (Phi) is 4.80. The quantitative estimate of drug-likeness (QED) is 0.389. The Labute approximate surface area is 193 Å². The molecule has 1 saturated carbocycles. The SMILES string of the molecule is COCc1nc(-c2ccc3nnc(C(C)c4ccc5nc(NC(=O)C6CC6)cn5n4)n3c2)no1. The summed E-state index contributed by atoms with van der Waals surface area (Å²) in [6.07, 6.45) is 5.48. The largest absolute Gasteiger partial charge is 0.375 e. The summed E-state index contributed by atoms with van der Waals surface area (Å²) in [4.78, 5) is 20.8. The Morgan fingerprint density at radius 2 is 2.03 bits per heavy atom. The monoisotopic (exact) mass is 459 g/mol. The van der Waals surface area contributed by atoms with Crippen LogP contribution >= 0.6 is 0 Å². The molecule has 0 aliphatic heterocycles. The standard InChI is InChI=1S/C22H21N9O3/c1-12(15-6-8-17-23-16(10-31(17)28-15)24-22(32)13-3-4-13)21-27-26-18-7-5-14(9-30(18)21)20-25-19(11-33-2)34-29-20/h5-10,12-13H,3-4,11H2,1-2H3,(H,24,32). The van der Waals surface area contributed by atoms with Crippen molar-refractivity contribution in [1.82, 2.24) is 39.3 Å². The maximum absolute atomic E-state index is 12.1. The molecule has 0 radical (unpaired) electrons. The Bertz CT molecular complexity index is 1510. The average molecular weight is 459 g/mol. The molecule has 1 aliphatic carbocycles. The number of hydrogen-bond donors (Lipinski definition) is 1. The number of anilines is 1. The topological polar surface area (TPSA) is 138 Å². The molecule has 1 atom stereocenters. The first-order valence-corrected chi connectivity index (χ1v) is 10.9. The maximum Gasteiger partial charge on any atom is 0.252 e. The second-order valence-electron chi connectivity index (χ2n) is 8.32. The van der Waals surface area contributed by atoms with E-state index in [2.05, 4.69) is 30.6 Å². The number of carbonyl (C=O) groups is 1. The predicted octanol–water partition coefficient (Wildman–Crippen LogP) is 2.47. The van der Waals surface area contributed by atoms with Gasteiger partial charge in [-0.1, -0.05) is 5.16 Å². The molecule has 1 amide bonds. The molecule has 5 aromatic rings. The number of nitrogens with one attached hydrogen (secondary N) is 1. The van der Waals surface area contributed by atoms with Gasteiger partial charge in [-0.3, -0.25) is 9.20 Å². The van der Waals surface area contributed by atoms with Gasteiger partial charge in [-0.05, 0) is 44.0 Å². The number of aromatic nitrogens is 8. The van der Waals surface area contributed by atoms with Gasteiger partial charge in [-0.25, -0.2) is 9.50 Å². The van der Waals surface area contributed by atoms with Gasteiger partial charge in [-0.2, -0.15) is 10.1 Å². The van der Waals surface area contributed by atoms with E-state index < -0.39 is 0 Å². The normalized spacial score (nSPS) is 14.6. The lowest BCUT2D eigenvalue weighted by Gasteiger charge is -2.10. The number of carbonyl (C=O) groups excluding carboxylic acids is 1. The van der Waals surface area contributed by atoms with Gasteiger partial charge in [0.25, 0.3) is 5.89 Å². The molecule has 1 N–H and O–H groups in total. The van der Waals surface area contributed by atoms with E-state index in [1.54, 1.807) is 17.8 Å². The van der Waals surface area contributed by atoms with Crippen LogP contribution in [0.4, 0.5) is 5.82 Å². The van der Waals surface area contributed by atoms with Crippen molar-refractivity contribution < 1.29 is 14.1 Å². The summed E-state index contributed by atoms with van der Waals surface area (Å²) in [5.41, 5.74) is 2.90. The van der Waals surface area contributed by atoms with Gasteiger partial charge in [0.05, 0.1) is 17.8 Å². The zero-order valence-corrected chi connectivity index (χ0v) is 18.5. The first-order chi connectivity index (χ1) is 16.6. The zero-order valence-electron chi connectivity index (χ0n) is 18.5. The number of methoxy groups -OCH3 is 1. The van der Waals surface area contributed by atoms with Crippen LogP contribution in [0.3, 0.4) is 0 Å². The molecule has 34 heavy (non-hydrogen) atoms. The highest BCUT2D eigenvalue weighted by molar-refractivity contribution is 5.93. The molecule has 0 aromatic carbocycles. The minimum Gasteiger partial charge on any atom is -0.375 e. The van der Waals surface area contributed by atoms with Gasteiger partial charge >= 0.3 is 0 Å². The van der Waals surface area contributed by atoms with Gasteiger partial charge in [0, 0.05) is 24.8 Å². The van der Waals surface area contributed by atoms with Crippen LogP contribution in [-0.2, 0) is 16.1 Å². The molecule has 1 aliphatic rings. The highest BCUT2D eigenvalue weighted by atomic mass is 16.5. The van der Waals surface area contributed by atoms with Crippen LogP contribution in [0.25, 0.3) is 22.7 Å². The molecule has 0 spiro atoms. The highest BCUT2D eigenvalue weighted by Gasteiger charge is 2.30. The summed E-state index contributed by atoms with van der Waals surface area (Å²) < 4.78 is 13.8. The summed E-state index contributed by atoms with van der Waals surface area (Å²) in [6.45, 7) is 2.26. The first kappa shape index (κ1) is 20.4. The van der Waals surface area contributed by atoms with Crippen LogP contribution < -0.4 is 5.32 Å². The molecule has 6 rings (SSSR count). The summed E-state index contributed by atoms with van der Waals surface area (Å²) in [6, 6.07) is 7.50. The number of amides is 1. The zero-order chi connectivity index (χ0) is 23.2. The van der Waals surface area contributed by atoms with Crippen LogP contribution in [0.15, 0.2) is 41.2 Å². The number of fused-ring (bicyclic) bond motifs is 2. The first-order valence-electron chi connectivity index (χ1n) is 10.9. The fraction of sp³-hybridized carbons (Fsp3) is 0.318. The van der Waals surface area contributed by atoms with Crippen molar-refractivity contribution in [1.29, 1.82) is 0 Å². The van der Waals surface area contributed by atoms with Crippen molar-refractivity contribution in [3.8, 4) is 11.4 Å². The van der Waals surface area contributed by atoms with Gasteiger partial charge in [0.15, 0.2) is 17.1 Å². The van der Waals surface area contributed by atoms with Crippen molar-refractivity contribution in [3.63, 3.8) is 0 Å². The van der Waals surface area contributed by atoms with Crippen LogP contribution in [0.1, 0.15) is 43.1 Å². The minimum atomic E-state index is -0.170. The molecule has 12 nitrogen and oxygen atoms in total. The molecule has 1 fully saturated rings. The van der Waals surface area contributed by atoms with Crippen molar-refractivity contribution in [2.24, 2.45) is 5.92 Å². The fourth-order valence-electron chi connectivity index (χ4n) is 3.78. The molecular weight excluding hydrogens is 438 g/mol. The molecule has 5 aromatic heterocycles. The van der Waals surface area contributed by atoms with Crippen molar-refractivity contribution in [3.05, 3.63) is 54.1 Å². The van der Waals surface area contributed by atoms with E-state index in [4.69, 9.17) is 14.4 Å². The van der Waals surface area contributed by atoms with E-state index in [0.717, 1.165) is 24.1 Å². The Morgan fingerprint density at radius 1 is 1.18 bits per heavy atom. The van der Waals surface area contributed by atoms with Gasteiger partial charge in [-0.15, -0.1) is 10.2 Å². The lowest BCUT2D eigenvalue weighted by molar-refractivity contribution is -0.117. The van der Waals surface area contributed by atoms with Crippen LogP contribution in [0.5, 0.6) is 0 Å². The van der Waals surface area contributed by atoms with E-state index >= 15 is 0 Å². The summed E-state index contributed by atoms with van der Waals surface area (Å²) >= 11 is 0. The Hall–Kier alpha value is -4.19. The molecule has 12 heteroatoms. The summed E-state index contributed by atoms with van der Waals surface area (Å²) in [5.74, 6) is 2.03. The average Bonchev–Trinajstić information content (AvgIpc) is 3.25. The van der Waals surface area contributed by atoms with Crippen molar-refractivity contribution >= 4 is 23.0 Å². The number of pyridine rings is 1. The van der Waals surface area contributed by atoms with Gasteiger partial charge in [0.2, 0.25) is 11.7 Å². The third-order valence-electron chi connectivity index (χ3n) is 5.79. The molecule has 1 unspecified atom stereocenters. The van der Waals surface area contributed by atoms with Crippen LogP contribution in [-0.4, -0.2) is 52.4 Å². The number of imidazole rings is 1. The van der Waals surface area contributed by atoms with Gasteiger partial charge < -0.3 is 14.6 Å². The summed E-state index contributed by atoms with van der Waals surface area (Å²) in [7, 11) is 1.57. The molecule has 0 bridgehead atoms. The van der Waals surface area contributed by atoms with E-state index in [0.29, 0.717) is 34.7 Å². The number of nitrogens with zero attached hydrogens (tertiary/aromatic N) is 8. The number of rotatable bonds is 7.